The molecule has 19 heteroatoms. The number of thiophene rings is 1. The summed E-state index contributed by atoms with van der Waals surface area (Å²) in [5.41, 5.74) is 3.10. The maximum Gasteiger partial charge on any atom is 1.00 e. The van der Waals surface area contributed by atoms with Crippen molar-refractivity contribution in [3.05, 3.63) is 64.1 Å². The third-order valence-electron chi connectivity index (χ3n) is 9.08. The van der Waals surface area contributed by atoms with Crippen LogP contribution in [0.4, 0.5) is 16.4 Å². The van der Waals surface area contributed by atoms with E-state index >= 15 is 0 Å². The number of carbonyl (C=O) groups is 4. The number of anilines is 1. The van der Waals surface area contributed by atoms with Crippen molar-refractivity contribution in [2.24, 2.45) is 22.1 Å². The Morgan fingerprint density at radius 1 is 0.730 bits per heavy atom. The Morgan fingerprint density at radius 3 is 1.67 bits per heavy atom. The molecule has 0 fully saturated rings. The molecule has 0 N–H and O–H groups in total. The third kappa shape index (κ3) is 24.4. The van der Waals surface area contributed by atoms with Gasteiger partial charge < -0.3 is 48.4 Å². The van der Waals surface area contributed by atoms with Gasteiger partial charge in [-0.25, -0.2) is 0 Å². The van der Waals surface area contributed by atoms with E-state index in [2.05, 4.69) is 22.4 Å². The quantitative estimate of drug-likeness (QED) is 0.0296. The first-order valence-electron chi connectivity index (χ1n) is 20.4. The minimum atomic E-state index is -1.30. The number of nitrogens with zero attached hydrogens (tertiary/aromatic N) is 5. The summed E-state index contributed by atoms with van der Waals surface area (Å²) in [5.74, 6) is -5.80. The van der Waals surface area contributed by atoms with Crippen LogP contribution in [-0.2, 0) is 42.9 Å². The van der Waals surface area contributed by atoms with Crippen LogP contribution in [0.2, 0.25) is 0 Å². The molecule has 16 nitrogen and oxygen atoms in total. The van der Waals surface area contributed by atoms with Crippen molar-refractivity contribution >= 4 is 51.6 Å². The monoisotopic (exact) mass is 909 g/mol. The number of carbonyl (C=O) groups excluding carboxylic acids is 4. The molecule has 63 heavy (non-hydrogen) atoms. The number of aliphatic carboxylic acids is 2. The number of benzene rings is 1. The number of rotatable bonds is 32. The van der Waals surface area contributed by atoms with Crippen LogP contribution in [0.25, 0.3) is 0 Å². The molecule has 0 bridgehead atoms. The van der Waals surface area contributed by atoms with Crippen molar-refractivity contribution in [1.82, 2.24) is 0 Å². The Balaban J connectivity index is 0.0000192. The van der Waals surface area contributed by atoms with E-state index in [4.69, 9.17) is 23.7 Å². The van der Waals surface area contributed by atoms with Gasteiger partial charge in [0.2, 0.25) is 0 Å². The molecular formula is C44H57N5Na2O11S. The SMILES string of the molecule is CCC/C=C/CC(CC(=O)OCCOCCOCCN(CCOCCOC(=O)CC(C/C=C/CCC)C(=O)[O-])c1ccc(N=Nc2sc(C#N)c(C)c2C#N)c(C)c1)C(=O)[O-].[Na+].[Na+]. The fourth-order valence-electron chi connectivity index (χ4n) is 5.56. The van der Waals surface area contributed by atoms with Gasteiger partial charge in [-0.05, 0) is 68.9 Å². The van der Waals surface area contributed by atoms with Crippen LogP contribution >= 0.6 is 11.3 Å². The van der Waals surface area contributed by atoms with Crippen molar-refractivity contribution in [3.8, 4) is 12.1 Å². The molecule has 2 atom stereocenters. The number of allylic oxidation sites excluding steroid dienone is 4. The second-order valence-corrected chi connectivity index (χ2v) is 14.8. The molecule has 2 aromatic rings. The molecule has 2 rings (SSSR count). The number of carboxylic acid groups (broad SMARTS) is 2. The van der Waals surface area contributed by atoms with E-state index in [1.165, 1.54) is 0 Å². The zero-order chi connectivity index (χ0) is 44.8. The maximum atomic E-state index is 12.3. The summed E-state index contributed by atoms with van der Waals surface area (Å²) in [6.45, 7) is 9.69. The number of aryl methyl sites for hydroxylation is 1. The number of hydrogen-bond acceptors (Lipinski definition) is 17. The Kier molecular flexibility index (Phi) is 33.9. The summed E-state index contributed by atoms with van der Waals surface area (Å²) in [5, 5.41) is 50.8. The number of hydrogen-bond donors (Lipinski definition) is 0. The average Bonchev–Trinajstić information content (AvgIpc) is 3.55. The van der Waals surface area contributed by atoms with E-state index in [1.807, 2.05) is 50.0 Å². The van der Waals surface area contributed by atoms with Gasteiger partial charge in [-0.2, -0.15) is 10.5 Å². The molecule has 0 aliphatic heterocycles. The molecule has 1 aromatic heterocycles. The summed E-state index contributed by atoms with van der Waals surface area (Å²) >= 11 is 1.11. The minimum absolute atomic E-state index is 0. The van der Waals surface area contributed by atoms with E-state index in [0.29, 0.717) is 46.4 Å². The van der Waals surface area contributed by atoms with Gasteiger partial charge in [-0.15, -0.1) is 21.6 Å². The Hall–Kier alpha value is -3.46. The van der Waals surface area contributed by atoms with E-state index in [1.54, 1.807) is 25.1 Å². The first kappa shape index (κ1) is 59.5. The van der Waals surface area contributed by atoms with Crippen molar-refractivity contribution in [2.75, 3.05) is 70.8 Å². The molecule has 0 saturated heterocycles. The summed E-state index contributed by atoms with van der Waals surface area (Å²) < 4.78 is 27.4. The summed E-state index contributed by atoms with van der Waals surface area (Å²) in [6.07, 6.45) is 10.6. The molecule has 332 valence electrons. The molecular weight excluding hydrogens is 853 g/mol. The number of nitriles is 2. The first-order valence-corrected chi connectivity index (χ1v) is 21.2. The second-order valence-electron chi connectivity index (χ2n) is 13.8. The molecule has 0 saturated carbocycles. The van der Waals surface area contributed by atoms with E-state index < -0.39 is 35.7 Å². The third-order valence-corrected chi connectivity index (χ3v) is 10.2. The normalized spacial score (nSPS) is 12.0. The van der Waals surface area contributed by atoms with Crippen LogP contribution in [0, 0.1) is 48.3 Å². The minimum Gasteiger partial charge on any atom is -0.550 e. The largest absolute Gasteiger partial charge is 1.00 e. The van der Waals surface area contributed by atoms with E-state index in [9.17, 15) is 39.9 Å². The Bertz CT molecular complexity index is 1880. The number of unbranched alkanes of at least 4 members (excludes halogenated alkanes) is 2. The van der Waals surface area contributed by atoms with Gasteiger partial charge in [0.05, 0.1) is 63.7 Å². The van der Waals surface area contributed by atoms with Gasteiger partial charge >= 0.3 is 71.1 Å². The molecule has 0 aliphatic rings. The molecule has 1 heterocycles. The number of azo groups is 1. The molecule has 0 aliphatic carbocycles. The standard InChI is InChI=1S/C44H59N5O11S.2Na/c1-5-7-9-11-13-34(43(52)53)28-40(50)59-25-23-57-20-18-49(36-15-16-38(32(3)27-36)47-48-42-37(30-45)33(4)39(31-46)61-42)17-19-56-21-22-58-24-26-60-41(51)29-35(44(54)55)14-12-10-8-6-2;;/h9-12,15-16,27,34-35H,5-8,13-14,17-26,28-29H2,1-4H3,(H,52,53)(H,54,55);;/q;2*+1/p-2/b11-9+,12-10+,48-47?;;. The van der Waals surface area contributed by atoms with Gasteiger partial charge in [0.15, 0.2) is 5.00 Å². The van der Waals surface area contributed by atoms with Crippen molar-refractivity contribution in [3.63, 3.8) is 0 Å². The topological polar surface area (TPSA) is 236 Å². The van der Waals surface area contributed by atoms with E-state index in [-0.39, 0.29) is 131 Å². The van der Waals surface area contributed by atoms with Crippen LogP contribution in [0.15, 0.2) is 52.7 Å². The molecule has 0 radical (unpaired) electrons. The Morgan fingerprint density at radius 2 is 1.22 bits per heavy atom. The number of esters is 2. The number of ether oxygens (including phenoxy) is 5. The molecule has 1 aromatic carbocycles. The van der Waals surface area contributed by atoms with E-state index in [0.717, 1.165) is 48.3 Å². The van der Waals surface area contributed by atoms with Crippen LogP contribution in [0.3, 0.4) is 0 Å². The van der Waals surface area contributed by atoms with Gasteiger partial charge in [-0.3, -0.25) is 9.59 Å². The summed E-state index contributed by atoms with van der Waals surface area (Å²) in [7, 11) is 0. The molecule has 0 spiro atoms. The van der Waals surface area contributed by atoms with Gasteiger partial charge in [0.25, 0.3) is 0 Å². The van der Waals surface area contributed by atoms with Crippen LogP contribution in [0.1, 0.15) is 86.8 Å². The molecule has 2 unspecified atom stereocenters. The van der Waals surface area contributed by atoms with Gasteiger partial charge in [-0.1, -0.05) is 51.0 Å². The predicted molar refractivity (Wildman–Crippen MR) is 224 cm³/mol. The van der Waals surface area contributed by atoms with Crippen molar-refractivity contribution in [1.29, 1.82) is 10.5 Å². The second kappa shape index (κ2) is 35.8. The Labute approximate surface area is 419 Å². The van der Waals surface area contributed by atoms with Crippen LogP contribution in [0.5, 0.6) is 0 Å². The van der Waals surface area contributed by atoms with Gasteiger partial charge in [0.1, 0.15) is 30.2 Å². The van der Waals surface area contributed by atoms with Crippen molar-refractivity contribution in [2.45, 2.75) is 79.1 Å². The van der Waals surface area contributed by atoms with Crippen LogP contribution in [-0.4, -0.2) is 89.8 Å². The fourth-order valence-corrected chi connectivity index (χ4v) is 6.44. The predicted octanol–water partition coefficient (Wildman–Crippen LogP) is -0.520. The fraction of sp³-hybridized carbons (Fsp3) is 0.545. The molecule has 0 amide bonds. The zero-order valence-electron chi connectivity index (χ0n) is 37.6. The zero-order valence-corrected chi connectivity index (χ0v) is 42.4. The van der Waals surface area contributed by atoms with Crippen molar-refractivity contribution < 1.29 is 112 Å². The smallest absolute Gasteiger partial charge is 0.550 e. The first-order chi connectivity index (χ1) is 29.4. The number of carboxylic acids is 2. The maximum absolute atomic E-state index is 12.3. The van der Waals surface area contributed by atoms with Gasteiger partial charge in [0, 0.05) is 42.6 Å². The average molecular weight is 910 g/mol. The summed E-state index contributed by atoms with van der Waals surface area (Å²) in [4.78, 5) is 49.7. The van der Waals surface area contributed by atoms with Crippen LogP contribution < -0.4 is 74.2 Å². The summed E-state index contributed by atoms with van der Waals surface area (Å²) in [6, 6.07) is 9.76.